The Balaban J connectivity index is 1.63. The highest BCUT2D eigenvalue weighted by molar-refractivity contribution is 5.83. The van der Waals surface area contributed by atoms with Gasteiger partial charge in [-0.25, -0.2) is 4.68 Å². The number of hydrogen-bond acceptors (Lipinski definition) is 4. The van der Waals surface area contributed by atoms with Crippen LogP contribution in [0.2, 0.25) is 0 Å². The molecule has 0 aliphatic rings. The van der Waals surface area contributed by atoms with Crippen molar-refractivity contribution in [1.82, 2.24) is 20.1 Å². The molecule has 144 valence electrons. The Kier molecular flexibility index (Phi) is 5.16. The summed E-state index contributed by atoms with van der Waals surface area (Å²) >= 11 is 0. The molecule has 2 aromatic heterocycles. The van der Waals surface area contributed by atoms with E-state index < -0.39 is 6.04 Å². The molecule has 4 aromatic rings. The van der Waals surface area contributed by atoms with Crippen LogP contribution in [-0.4, -0.2) is 20.7 Å². The Morgan fingerprint density at radius 3 is 2.38 bits per heavy atom. The number of aromatic nitrogens is 3. The normalized spacial score (nSPS) is 11.9. The predicted molar refractivity (Wildman–Crippen MR) is 111 cm³/mol. The van der Waals surface area contributed by atoms with Gasteiger partial charge in [0, 0.05) is 11.6 Å². The molecule has 6 nitrogen and oxygen atoms in total. The van der Waals surface area contributed by atoms with Gasteiger partial charge in [0.15, 0.2) is 0 Å². The Hall–Kier alpha value is -3.80. The minimum Gasteiger partial charge on any atom is -0.342 e. The van der Waals surface area contributed by atoms with E-state index in [-0.39, 0.29) is 18.0 Å². The van der Waals surface area contributed by atoms with Crippen LogP contribution in [0.5, 0.6) is 0 Å². The first-order valence-electron chi connectivity index (χ1n) is 9.35. The predicted octanol–water partition coefficient (Wildman–Crippen LogP) is 3.01. The number of rotatable bonds is 5. The molecule has 0 aliphatic carbocycles. The van der Waals surface area contributed by atoms with Crippen LogP contribution in [0.15, 0.2) is 83.8 Å². The average Bonchev–Trinajstić information content (AvgIpc) is 2.77. The third kappa shape index (κ3) is 3.91. The van der Waals surface area contributed by atoms with E-state index in [4.69, 9.17) is 0 Å². The highest BCUT2D eigenvalue weighted by atomic mass is 16.2. The summed E-state index contributed by atoms with van der Waals surface area (Å²) in [4.78, 5) is 30.0. The number of carbonyl (C=O) groups excluding carboxylic acids is 1. The van der Waals surface area contributed by atoms with Crippen molar-refractivity contribution < 1.29 is 4.79 Å². The molecule has 0 saturated carbocycles. The molecule has 1 N–H and O–H groups in total. The molecule has 0 bridgehead atoms. The summed E-state index contributed by atoms with van der Waals surface area (Å²) in [5.74, 6) is -0.311. The van der Waals surface area contributed by atoms with Gasteiger partial charge in [0.1, 0.15) is 6.54 Å². The maximum atomic E-state index is 12.8. The van der Waals surface area contributed by atoms with Gasteiger partial charge < -0.3 is 5.32 Å². The molecular formula is C23H20N4O2. The van der Waals surface area contributed by atoms with E-state index in [1.165, 1.54) is 4.68 Å². The minimum atomic E-state index is -0.415. The van der Waals surface area contributed by atoms with Gasteiger partial charge in [-0.2, -0.15) is 5.10 Å². The maximum absolute atomic E-state index is 12.8. The number of amides is 1. The van der Waals surface area contributed by atoms with Gasteiger partial charge in [0.2, 0.25) is 5.91 Å². The van der Waals surface area contributed by atoms with E-state index in [9.17, 15) is 9.59 Å². The summed E-state index contributed by atoms with van der Waals surface area (Å²) in [7, 11) is 0. The van der Waals surface area contributed by atoms with Crippen LogP contribution in [0.1, 0.15) is 23.0 Å². The SMILES string of the molecule is Cc1nn(CC(=O)NC(c2ccccc2)c2ccccn2)c(=O)c2ccccc12. The zero-order valence-corrected chi connectivity index (χ0v) is 15.9. The molecule has 0 aliphatic heterocycles. The summed E-state index contributed by atoms with van der Waals surface area (Å²) in [5, 5.41) is 8.66. The summed E-state index contributed by atoms with van der Waals surface area (Å²) < 4.78 is 1.22. The van der Waals surface area contributed by atoms with Gasteiger partial charge >= 0.3 is 0 Å². The summed E-state index contributed by atoms with van der Waals surface area (Å²) in [6.07, 6.45) is 1.69. The third-order valence-corrected chi connectivity index (χ3v) is 4.77. The quantitative estimate of drug-likeness (QED) is 0.574. The minimum absolute atomic E-state index is 0.166. The van der Waals surface area contributed by atoms with Gasteiger partial charge in [0.25, 0.3) is 5.56 Å². The fraction of sp³-hybridized carbons (Fsp3) is 0.130. The lowest BCUT2D eigenvalue weighted by Crippen LogP contribution is -2.36. The monoisotopic (exact) mass is 384 g/mol. The zero-order valence-electron chi connectivity index (χ0n) is 15.9. The van der Waals surface area contributed by atoms with Gasteiger partial charge in [-0.05, 0) is 30.7 Å². The Labute approximate surface area is 167 Å². The topological polar surface area (TPSA) is 76.9 Å². The van der Waals surface area contributed by atoms with Crippen LogP contribution in [0.4, 0.5) is 0 Å². The smallest absolute Gasteiger partial charge is 0.275 e. The van der Waals surface area contributed by atoms with Crippen molar-refractivity contribution in [1.29, 1.82) is 0 Å². The number of fused-ring (bicyclic) bond motifs is 1. The second kappa shape index (κ2) is 8.06. The van der Waals surface area contributed by atoms with Crippen LogP contribution in [0, 0.1) is 6.92 Å². The molecule has 0 spiro atoms. The summed E-state index contributed by atoms with van der Waals surface area (Å²) in [5.41, 5.74) is 2.06. The van der Waals surface area contributed by atoms with E-state index in [0.717, 1.165) is 16.6 Å². The van der Waals surface area contributed by atoms with E-state index in [0.29, 0.717) is 11.1 Å². The van der Waals surface area contributed by atoms with Crippen molar-refractivity contribution >= 4 is 16.7 Å². The molecule has 6 heteroatoms. The van der Waals surface area contributed by atoms with Crippen molar-refractivity contribution in [2.45, 2.75) is 19.5 Å². The van der Waals surface area contributed by atoms with Gasteiger partial charge in [0.05, 0.1) is 22.8 Å². The van der Waals surface area contributed by atoms with Crippen molar-refractivity contribution in [3.63, 3.8) is 0 Å². The van der Waals surface area contributed by atoms with Gasteiger partial charge in [-0.15, -0.1) is 0 Å². The average molecular weight is 384 g/mol. The Morgan fingerprint density at radius 1 is 0.966 bits per heavy atom. The molecule has 1 unspecified atom stereocenters. The molecule has 1 amide bonds. The Morgan fingerprint density at radius 2 is 1.66 bits per heavy atom. The maximum Gasteiger partial charge on any atom is 0.275 e. The highest BCUT2D eigenvalue weighted by Crippen LogP contribution is 2.20. The molecule has 0 radical (unpaired) electrons. The number of nitrogens with one attached hydrogen (secondary N) is 1. The van der Waals surface area contributed by atoms with Crippen molar-refractivity contribution in [2.75, 3.05) is 0 Å². The molecular weight excluding hydrogens is 364 g/mol. The standard InChI is InChI=1S/C23H20N4O2/c1-16-18-11-5-6-12-19(18)23(29)27(26-16)15-21(28)25-22(17-9-3-2-4-10-17)20-13-7-8-14-24-20/h2-14,22H,15H2,1H3,(H,25,28). The van der Waals surface area contributed by atoms with Crippen LogP contribution < -0.4 is 10.9 Å². The molecule has 0 fully saturated rings. The first kappa shape index (κ1) is 18.6. The number of benzene rings is 2. The third-order valence-electron chi connectivity index (χ3n) is 4.77. The second-order valence-electron chi connectivity index (χ2n) is 6.76. The first-order chi connectivity index (χ1) is 14.1. The van der Waals surface area contributed by atoms with Crippen molar-refractivity contribution in [3.05, 3.63) is 106 Å². The van der Waals surface area contributed by atoms with Crippen LogP contribution in [-0.2, 0) is 11.3 Å². The van der Waals surface area contributed by atoms with E-state index in [2.05, 4.69) is 15.4 Å². The van der Waals surface area contributed by atoms with E-state index in [1.807, 2.05) is 67.6 Å². The van der Waals surface area contributed by atoms with Crippen LogP contribution >= 0.6 is 0 Å². The molecule has 4 rings (SSSR count). The van der Waals surface area contributed by atoms with Crippen molar-refractivity contribution in [3.8, 4) is 0 Å². The van der Waals surface area contributed by atoms with Crippen LogP contribution in [0.3, 0.4) is 0 Å². The number of carbonyl (C=O) groups is 1. The zero-order chi connectivity index (χ0) is 20.2. The van der Waals surface area contributed by atoms with E-state index >= 15 is 0 Å². The lowest BCUT2D eigenvalue weighted by molar-refractivity contribution is -0.122. The van der Waals surface area contributed by atoms with Crippen molar-refractivity contribution in [2.24, 2.45) is 0 Å². The fourth-order valence-corrected chi connectivity index (χ4v) is 3.37. The second-order valence-corrected chi connectivity index (χ2v) is 6.76. The molecule has 2 aromatic carbocycles. The van der Waals surface area contributed by atoms with E-state index in [1.54, 1.807) is 18.3 Å². The molecule has 1 atom stereocenters. The van der Waals surface area contributed by atoms with Gasteiger partial charge in [-0.3, -0.25) is 14.6 Å². The van der Waals surface area contributed by atoms with Crippen LogP contribution in [0.25, 0.3) is 10.8 Å². The summed E-state index contributed by atoms with van der Waals surface area (Å²) in [6.45, 7) is 1.66. The number of hydrogen-bond donors (Lipinski definition) is 1. The molecule has 0 saturated heterocycles. The van der Waals surface area contributed by atoms with Gasteiger partial charge in [-0.1, -0.05) is 54.6 Å². The number of pyridine rings is 1. The largest absolute Gasteiger partial charge is 0.342 e. The fourth-order valence-electron chi connectivity index (χ4n) is 3.37. The lowest BCUT2D eigenvalue weighted by atomic mass is 10.0. The number of nitrogens with zero attached hydrogens (tertiary/aromatic N) is 3. The lowest BCUT2D eigenvalue weighted by Gasteiger charge is -2.19. The number of aryl methyl sites for hydroxylation is 1. The Bertz CT molecular complexity index is 1160. The highest BCUT2D eigenvalue weighted by Gasteiger charge is 2.19. The summed E-state index contributed by atoms with van der Waals surface area (Å²) in [6, 6.07) is 22.0. The first-order valence-corrected chi connectivity index (χ1v) is 9.35. The molecule has 29 heavy (non-hydrogen) atoms. The molecule has 2 heterocycles.